The number of likely N-dealkylation sites (tertiary alicyclic amines) is 1. The van der Waals surface area contributed by atoms with Gasteiger partial charge in [0.1, 0.15) is 0 Å². The molecule has 5 nitrogen and oxygen atoms in total. The summed E-state index contributed by atoms with van der Waals surface area (Å²) < 4.78 is 2.00. The van der Waals surface area contributed by atoms with E-state index in [4.69, 9.17) is 0 Å². The van der Waals surface area contributed by atoms with Crippen molar-refractivity contribution in [2.24, 2.45) is 5.92 Å². The maximum Gasteiger partial charge on any atom is 0.255 e. The monoisotopic (exact) mass is 338 g/mol. The van der Waals surface area contributed by atoms with E-state index in [1.54, 1.807) is 6.20 Å². The third kappa shape index (κ3) is 3.47. The number of carbonyl (C=O) groups is 1. The lowest BCUT2D eigenvalue weighted by Gasteiger charge is -2.18. The molecule has 2 atom stereocenters. The fraction of sp³-hybridized carbons (Fsp3) is 0.500. The number of aryl methyl sites for hydroxylation is 1. The Morgan fingerprint density at radius 2 is 2.08 bits per heavy atom. The van der Waals surface area contributed by atoms with Gasteiger partial charge in [-0.15, -0.1) is 0 Å². The van der Waals surface area contributed by atoms with Gasteiger partial charge >= 0.3 is 0 Å². The Morgan fingerprint density at radius 1 is 1.24 bits per heavy atom. The summed E-state index contributed by atoms with van der Waals surface area (Å²) in [6.07, 6.45) is 5.01. The van der Waals surface area contributed by atoms with Crippen LogP contribution in [0.1, 0.15) is 41.4 Å². The van der Waals surface area contributed by atoms with E-state index in [-0.39, 0.29) is 11.9 Å². The van der Waals surface area contributed by atoms with Crippen molar-refractivity contribution in [1.82, 2.24) is 20.0 Å². The highest BCUT2D eigenvalue weighted by Gasteiger charge is 2.31. The average Bonchev–Trinajstić information content (AvgIpc) is 3.19. The molecule has 2 aliphatic rings. The summed E-state index contributed by atoms with van der Waals surface area (Å²) in [7, 11) is 0. The molecule has 2 aromatic rings. The van der Waals surface area contributed by atoms with Crippen LogP contribution in [0, 0.1) is 5.92 Å². The lowest BCUT2D eigenvalue weighted by molar-refractivity contribution is 0.0930. The van der Waals surface area contributed by atoms with E-state index in [0.29, 0.717) is 5.92 Å². The maximum absolute atomic E-state index is 12.8. The SMILES string of the molecule is C[C@H]1CN(Cc2ccccc2)C[C@H]1NC(=O)c1cnn2c1CCCC2. The fourth-order valence-electron chi connectivity index (χ4n) is 4.08. The number of hydrogen-bond acceptors (Lipinski definition) is 3. The summed E-state index contributed by atoms with van der Waals surface area (Å²) in [6.45, 7) is 6.04. The second kappa shape index (κ2) is 7.00. The van der Waals surface area contributed by atoms with Gasteiger partial charge in [-0.25, -0.2) is 0 Å². The predicted molar refractivity (Wildman–Crippen MR) is 97.3 cm³/mol. The van der Waals surface area contributed by atoms with Crippen molar-refractivity contribution in [3.63, 3.8) is 0 Å². The van der Waals surface area contributed by atoms with Crippen LogP contribution in [0.4, 0.5) is 0 Å². The first-order chi connectivity index (χ1) is 12.2. The molecule has 3 heterocycles. The number of aromatic nitrogens is 2. The highest BCUT2D eigenvalue weighted by atomic mass is 16.1. The molecule has 0 spiro atoms. The van der Waals surface area contributed by atoms with Gasteiger partial charge in [0.05, 0.1) is 17.5 Å². The first-order valence-electron chi connectivity index (χ1n) is 9.32. The molecular weight excluding hydrogens is 312 g/mol. The second-order valence-electron chi connectivity index (χ2n) is 7.42. The van der Waals surface area contributed by atoms with Crippen LogP contribution in [0.15, 0.2) is 36.5 Å². The van der Waals surface area contributed by atoms with Gasteiger partial charge in [-0.3, -0.25) is 14.4 Å². The summed E-state index contributed by atoms with van der Waals surface area (Å²) in [5.41, 5.74) is 3.20. The number of rotatable bonds is 4. The molecule has 2 aliphatic heterocycles. The molecule has 0 radical (unpaired) electrons. The Bertz CT molecular complexity index is 739. The topological polar surface area (TPSA) is 50.2 Å². The maximum atomic E-state index is 12.8. The van der Waals surface area contributed by atoms with Crippen LogP contribution >= 0.6 is 0 Å². The van der Waals surface area contributed by atoms with Gasteiger partial charge in [0.2, 0.25) is 0 Å². The van der Waals surface area contributed by atoms with Crippen LogP contribution < -0.4 is 5.32 Å². The number of amides is 1. The first kappa shape index (κ1) is 16.3. The molecule has 1 aromatic carbocycles. The quantitative estimate of drug-likeness (QED) is 0.932. The highest BCUT2D eigenvalue weighted by molar-refractivity contribution is 5.95. The molecule has 1 fully saturated rings. The number of nitrogens with one attached hydrogen (secondary N) is 1. The minimum Gasteiger partial charge on any atom is -0.348 e. The normalized spacial score (nSPS) is 23.4. The molecule has 0 saturated carbocycles. The standard InChI is InChI=1S/C20H26N4O/c1-15-12-23(13-16-7-3-2-4-8-16)14-18(15)22-20(25)17-11-21-24-10-6-5-9-19(17)24/h2-4,7-8,11,15,18H,5-6,9-10,12-14H2,1H3,(H,22,25)/t15-,18+/m0/s1. The van der Waals surface area contributed by atoms with E-state index < -0.39 is 0 Å². The van der Waals surface area contributed by atoms with Crippen LogP contribution in [0.5, 0.6) is 0 Å². The lowest BCUT2D eigenvalue weighted by Crippen LogP contribution is -2.40. The van der Waals surface area contributed by atoms with E-state index in [0.717, 1.165) is 56.7 Å². The number of fused-ring (bicyclic) bond motifs is 1. The summed E-state index contributed by atoms with van der Waals surface area (Å²) in [6, 6.07) is 10.7. The van der Waals surface area contributed by atoms with E-state index in [1.165, 1.54) is 5.56 Å². The van der Waals surface area contributed by atoms with Gasteiger partial charge in [-0.1, -0.05) is 37.3 Å². The Labute approximate surface area is 149 Å². The van der Waals surface area contributed by atoms with Crippen molar-refractivity contribution >= 4 is 5.91 Å². The van der Waals surface area contributed by atoms with E-state index in [2.05, 4.69) is 46.5 Å². The molecule has 132 valence electrons. The number of benzene rings is 1. The minimum absolute atomic E-state index is 0.0431. The Balaban J connectivity index is 1.39. The van der Waals surface area contributed by atoms with Crippen LogP contribution in [0.2, 0.25) is 0 Å². The van der Waals surface area contributed by atoms with Crippen LogP contribution in [-0.2, 0) is 19.5 Å². The van der Waals surface area contributed by atoms with Crippen LogP contribution in [0.25, 0.3) is 0 Å². The summed E-state index contributed by atoms with van der Waals surface area (Å²) in [5, 5.41) is 7.65. The molecule has 1 amide bonds. The molecule has 5 heteroatoms. The summed E-state index contributed by atoms with van der Waals surface area (Å²) in [4.78, 5) is 15.2. The lowest BCUT2D eigenvalue weighted by atomic mass is 10.0. The molecule has 25 heavy (non-hydrogen) atoms. The molecule has 0 bridgehead atoms. The first-order valence-corrected chi connectivity index (χ1v) is 9.32. The zero-order valence-corrected chi connectivity index (χ0v) is 14.8. The molecule has 1 saturated heterocycles. The van der Waals surface area contributed by atoms with Crippen LogP contribution in [-0.4, -0.2) is 39.7 Å². The fourth-order valence-corrected chi connectivity index (χ4v) is 4.08. The van der Waals surface area contributed by atoms with E-state index in [1.807, 2.05) is 10.7 Å². The predicted octanol–water partition coefficient (Wildman–Crippen LogP) is 2.47. The van der Waals surface area contributed by atoms with Gasteiger partial charge in [-0.2, -0.15) is 5.10 Å². The smallest absolute Gasteiger partial charge is 0.255 e. The van der Waals surface area contributed by atoms with Gasteiger partial charge in [0.25, 0.3) is 5.91 Å². The van der Waals surface area contributed by atoms with Gasteiger partial charge in [0.15, 0.2) is 0 Å². The number of nitrogens with zero attached hydrogens (tertiary/aromatic N) is 3. The summed E-state index contributed by atoms with van der Waals surface area (Å²) in [5.74, 6) is 0.501. The Morgan fingerprint density at radius 3 is 2.92 bits per heavy atom. The van der Waals surface area contributed by atoms with Crippen LogP contribution in [0.3, 0.4) is 0 Å². The van der Waals surface area contributed by atoms with E-state index in [9.17, 15) is 4.79 Å². The third-order valence-electron chi connectivity index (χ3n) is 5.48. The van der Waals surface area contributed by atoms with Crippen molar-refractivity contribution < 1.29 is 4.79 Å². The Kier molecular flexibility index (Phi) is 4.57. The van der Waals surface area contributed by atoms with Gasteiger partial charge in [0, 0.05) is 32.2 Å². The zero-order chi connectivity index (χ0) is 17.2. The third-order valence-corrected chi connectivity index (χ3v) is 5.48. The van der Waals surface area contributed by atoms with Gasteiger partial charge in [-0.05, 0) is 30.7 Å². The van der Waals surface area contributed by atoms with E-state index >= 15 is 0 Å². The zero-order valence-electron chi connectivity index (χ0n) is 14.8. The van der Waals surface area contributed by atoms with Crippen molar-refractivity contribution in [2.45, 2.75) is 45.3 Å². The largest absolute Gasteiger partial charge is 0.348 e. The summed E-state index contributed by atoms with van der Waals surface area (Å²) >= 11 is 0. The molecule has 0 unspecified atom stereocenters. The highest BCUT2D eigenvalue weighted by Crippen LogP contribution is 2.21. The molecule has 1 N–H and O–H groups in total. The van der Waals surface area contributed by atoms with Crippen molar-refractivity contribution in [1.29, 1.82) is 0 Å². The molecular formula is C20H26N4O. The average molecular weight is 338 g/mol. The van der Waals surface area contributed by atoms with Crippen molar-refractivity contribution in [3.05, 3.63) is 53.3 Å². The number of hydrogen-bond donors (Lipinski definition) is 1. The van der Waals surface area contributed by atoms with Gasteiger partial charge < -0.3 is 5.32 Å². The molecule has 0 aliphatic carbocycles. The second-order valence-corrected chi connectivity index (χ2v) is 7.42. The molecule has 4 rings (SSSR count). The molecule has 1 aromatic heterocycles. The minimum atomic E-state index is 0.0431. The van der Waals surface area contributed by atoms with Crippen molar-refractivity contribution in [3.8, 4) is 0 Å². The Hall–Kier alpha value is -2.14. The number of carbonyl (C=O) groups excluding carboxylic acids is 1. The van der Waals surface area contributed by atoms with Crippen molar-refractivity contribution in [2.75, 3.05) is 13.1 Å².